The van der Waals surface area contributed by atoms with E-state index in [1.165, 1.54) is 24.3 Å². The SMILES string of the molecule is CC(C)C[C@H](CC(=O)NC[C@H](Cc1ccc(C(N)=O)c(F)c1)N(C)C)c1cccnc1.CC(C)C[C@H](CC(=O)O)c1cccnc1.CN(C)[C@H](CN)Cc1ccc(C(N)=O)c(F)c1. The predicted molar refractivity (Wildman–Crippen MR) is 244 cm³/mol. The lowest BCUT2D eigenvalue weighted by molar-refractivity contribution is -0.137. The average Bonchev–Trinajstić information content (AvgIpc) is 3.21. The minimum atomic E-state index is -0.787. The third kappa shape index (κ3) is 20.0. The molecule has 0 aliphatic carbocycles. The Morgan fingerprint density at radius 2 is 1.11 bits per heavy atom. The van der Waals surface area contributed by atoms with E-state index in [2.05, 4.69) is 43.0 Å². The van der Waals surface area contributed by atoms with Crippen molar-refractivity contribution >= 4 is 23.7 Å². The van der Waals surface area contributed by atoms with Crippen LogP contribution in [0.1, 0.15) is 108 Å². The topological polar surface area (TPSA) is 211 Å². The molecule has 0 aliphatic heterocycles. The minimum Gasteiger partial charge on any atom is -0.481 e. The van der Waals surface area contributed by atoms with Crippen molar-refractivity contribution in [1.29, 1.82) is 0 Å². The lowest BCUT2D eigenvalue weighted by Crippen LogP contribution is -2.42. The second kappa shape index (κ2) is 27.4. The fourth-order valence-corrected chi connectivity index (χ4v) is 7.01. The van der Waals surface area contributed by atoms with Crippen LogP contribution >= 0.6 is 0 Å². The van der Waals surface area contributed by atoms with Gasteiger partial charge in [-0.15, -0.1) is 0 Å². The van der Waals surface area contributed by atoms with E-state index in [-0.39, 0.29) is 47.4 Å². The van der Waals surface area contributed by atoms with Crippen LogP contribution in [0, 0.1) is 23.5 Å². The molecule has 4 rings (SSSR count). The summed E-state index contributed by atoms with van der Waals surface area (Å²) in [4.78, 5) is 57.7. The van der Waals surface area contributed by atoms with E-state index in [4.69, 9.17) is 22.3 Å². The van der Waals surface area contributed by atoms with Crippen molar-refractivity contribution in [2.75, 3.05) is 41.3 Å². The maximum atomic E-state index is 14.1. The summed E-state index contributed by atoms with van der Waals surface area (Å²) in [7, 11) is 7.68. The first-order chi connectivity index (χ1) is 29.7. The number of carboxylic acid groups (broad SMARTS) is 1. The summed E-state index contributed by atoms with van der Waals surface area (Å²) in [6, 6.07) is 16.7. The molecule has 0 saturated carbocycles. The number of amides is 3. The number of hydrogen-bond donors (Lipinski definition) is 5. The van der Waals surface area contributed by atoms with Crippen molar-refractivity contribution in [2.45, 2.75) is 90.1 Å². The molecule has 0 unspecified atom stereocenters. The number of nitrogens with zero attached hydrogens (tertiary/aromatic N) is 4. The third-order valence-electron chi connectivity index (χ3n) is 10.5. The maximum absolute atomic E-state index is 14.1. The van der Waals surface area contributed by atoms with Crippen LogP contribution in [0.3, 0.4) is 0 Å². The number of benzene rings is 2. The molecule has 8 N–H and O–H groups in total. The van der Waals surface area contributed by atoms with E-state index < -0.39 is 29.4 Å². The van der Waals surface area contributed by atoms with Crippen LogP contribution in [-0.2, 0) is 22.4 Å². The smallest absolute Gasteiger partial charge is 0.303 e. The van der Waals surface area contributed by atoms with E-state index in [0.29, 0.717) is 44.2 Å². The van der Waals surface area contributed by atoms with Crippen molar-refractivity contribution < 1.29 is 33.1 Å². The highest BCUT2D eigenvalue weighted by atomic mass is 19.1. The van der Waals surface area contributed by atoms with Gasteiger partial charge in [0.15, 0.2) is 0 Å². The molecule has 4 aromatic rings. The Hall–Kier alpha value is -5.64. The van der Waals surface area contributed by atoms with Gasteiger partial charge in [0, 0.05) is 56.4 Å². The number of carbonyl (C=O) groups is 4. The Bertz CT molecular complexity index is 2020. The summed E-state index contributed by atoms with van der Waals surface area (Å²) in [6.45, 7) is 9.42. The van der Waals surface area contributed by atoms with Gasteiger partial charge < -0.3 is 37.4 Å². The second-order valence-corrected chi connectivity index (χ2v) is 17.1. The van der Waals surface area contributed by atoms with E-state index in [9.17, 15) is 28.0 Å². The van der Waals surface area contributed by atoms with Gasteiger partial charge in [0.05, 0.1) is 17.5 Å². The molecule has 0 radical (unpaired) electrons. The van der Waals surface area contributed by atoms with Crippen molar-refractivity contribution in [2.24, 2.45) is 29.0 Å². The Labute approximate surface area is 371 Å². The number of halogens is 2. The van der Waals surface area contributed by atoms with Gasteiger partial charge in [-0.2, -0.15) is 0 Å². The number of rotatable bonds is 21. The summed E-state index contributed by atoms with van der Waals surface area (Å²) in [5.41, 5.74) is 19.3. The van der Waals surface area contributed by atoms with Crippen LogP contribution in [-0.4, -0.2) is 102 Å². The van der Waals surface area contributed by atoms with Crippen molar-refractivity contribution in [1.82, 2.24) is 25.1 Å². The van der Waals surface area contributed by atoms with Crippen LogP contribution in [0.25, 0.3) is 0 Å². The van der Waals surface area contributed by atoms with E-state index in [1.807, 2.05) is 68.5 Å². The van der Waals surface area contributed by atoms with Gasteiger partial charge >= 0.3 is 5.97 Å². The predicted octanol–water partition coefficient (Wildman–Crippen LogP) is 6.17. The van der Waals surface area contributed by atoms with E-state index >= 15 is 0 Å². The lowest BCUT2D eigenvalue weighted by Gasteiger charge is -2.26. The highest BCUT2D eigenvalue weighted by Gasteiger charge is 2.21. The highest BCUT2D eigenvalue weighted by molar-refractivity contribution is 5.93. The zero-order chi connectivity index (χ0) is 47.2. The number of hydrogen-bond acceptors (Lipinski definition) is 9. The number of primary amides is 2. The molecule has 13 nitrogen and oxygen atoms in total. The number of likely N-dealkylation sites (N-methyl/N-ethyl adjacent to an activating group) is 2. The van der Waals surface area contributed by atoms with Gasteiger partial charge in [0.1, 0.15) is 11.6 Å². The van der Waals surface area contributed by atoms with Gasteiger partial charge in [-0.25, -0.2) is 8.78 Å². The molecule has 63 heavy (non-hydrogen) atoms. The Morgan fingerprint density at radius 1 is 0.683 bits per heavy atom. The molecule has 4 atom stereocenters. The van der Waals surface area contributed by atoms with Gasteiger partial charge in [0.2, 0.25) is 5.91 Å². The van der Waals surface area contributed by atoms with Crippen LogP contribution in [0.5, 0.6) is 0 Å². The number of carbonyl (C=O) groups excluding carboxylic acids is 3. The quantitative estimate of drug-likeness (QED) is 0.0643. The number of nitrogens with two attached hydrogens (primary N) is 3. The molecule has 344 valence electrons. The van der Waals surface area contributed by atoms with E-state index in [0.717, 1.165) is 35.1 Å². The first-order valence-electron chi connectivity index (χ1n) is 21.2. The van der Waals surface area contributed by atoms with Crippen LogP contribution in [0.4, 0.5) is 8.78 Å². The summed E-state index contributed by atoms with van der Waals surface area (Å²) >= 11 is 0. The molecule has 15 heteroatoms. The van der Waals surface area contributed by atoms with Crippen LogP contribution < -0.4 is 22.5 Å². The largest absolute Gasteiger partial charge is 0.481 e. The Kier molecular flexibility index (Phi) is 23.3. The molecule has 2 aromatic heterocycles. The molecule has 0 saturated heterocycles. The zero-order valence-corrected chi connectivity index (χ0v) is 38.1. The summed E-state index contributed by atoms with van der Waals surface area (Å²) in [5, 5.41) is 11.9. The number of aliphatic carboxylic acids is 1. The molecule has 0 aliphatic rings. The first kappa shape index (κ1) is 53.5. The van der Waals surface area contributed by atoms with Gasteiger partial charge in [-0.3, -0.25) is 29.1 Å². The summed E-state index contributed by atoms with van der Waals surface area (Å²) < 4.78 is 27.6. The maximum Gasteiger partial charge on any atom is 0.303 e. The molecule has 0 spiro atoms. The minimum absolute atomic E-state index is 0.0170. The lowest BCUT2D eigenvalue weighted by atomic mass is 9.88. The number of pyridine rings is 2. The van der Waals surface area contributed by atoms with Crippen LogP contribution in [0.15, 0.2) is 85.5 Å². The second-order valence-electron chi connectivity index (χ2n) is 17.1. The average molecular weight is 875 g/mol. The standard InChI is InChI=1S/C24H33FN4O2.C12H18FN3O.C12H17NO2/c1-16(2)10-19(18-6-5-9-27-14-18)13-23(30)28-15-20(29(3)4)11-17-7-8-21(24(26)31)22(25)12-17;1-16(2)9(7-14)5-8-3-4-10(12(15)17)11(13)6-8;1-9(2)6-11(7-12(14)15)10-4-3-5-13-8-10/h5-9,12,14,16,19-20H,10-11,13,15H2,1-4H3,(H2,26,31)(H,28,30);3-4,6,9H,5,7,14H2,1-2H3,(H2,15,17);3-5,8-9,11H,6-7H2,1-2H3,(H,14,15)/t19-,20+;9-;11-/m101/s1. The van der Waals surface area contributed by atoms with Gasteiger partial charge in [0.25, 0.3) is 11.8 Å². The third-order valence-corrected chi connectivity index (χ3v) is 10.5. The van der Waals surface area contributed by atoms with Crippen molar-refractivity contribution in [3.05, 3.63) is 130 Å². The van der Waals surface area contributed by atoms with Gasteiger partial charge in [-0.1, -0.05) is 52.0 Å². The van der Waals surface area contributed by atoms with E-state index in [1.54, 1.807) is 30.7 Å². The summed E-state index contributed by atoms with van der Waals surface area (Å²) in [6.07, 6.45) is 10.6. The monoisotopic (exact) mass is 875 g/mol. The fraction of sp³-hybridized carbons (Fsp3) is 0.458. The first-order valence-corrected chi connectivity index (χ1v) is 21.2. The van der Waals surface area contributed by atoms with Crippen molar-refractivity contribution in [3.8, 4) is 0 Å². The van der Waals surface area contributed by atoms with Gasteiger partial charge in [-0.05, 0) is 136 Å². The van der Waals surface area contributed by atoms with Crippen LogP contribution in [0.2, 0.25) is 0 Å². The molecular weight excluding hydrogens is 807 g/mol. The Morgan fingerprint density at radius 3 is 1.44 bits per heavy atom. The summed E-state index contributed by atoms with van der Waals surface area (Å²) in [5.74, 6) is -2.36. The number of nitrogens with one attached hydrogen (secondary N) is 1. The Balaban J connectivity index is 0.000000359. The zero-order valence-electron chi connectivity index (χ0n) is 38.1. The molecular formula is C48H68F2N8O5. The number of aromatic nitrogens is 2. The molecule has 2 heterocycles. The van der Waals surface area contributed by atoms with Crippen molar-refractivity contribution in [3.63, 3.8) is 0 Å². The normalized spacial score (nSPS) is 13.0. The highest BCUT2D eigenvalue weighted by Crippen LogP contribution is 2.27. The molecule has 0 bridgehead atoms. The fourth-order valence-electron chi connectivity index (χ4n) is 7.01. The molecule has 3 amide bonds. The number of carboxylic acids is 1. The molecule has 2 aromatic carbocycles. The molecule has 0 fully saturated rings.